The van der Waals surface area contributed by atoms with Crippen LogP contribution in [0.3, 0.4) is 0 Å². The molecule has 2 aromatic carbocycles. The number of likely N-dealkylation sites (tertiary alicyclic amines) is 1. The third-order valence-electron chi connectivity index (χ3n) is 9.85. The van der Waals surface area contributed by atoms with Gasteiger partial charge in [0.05, 0.1) is 30.8 Å². The number of carbonyl (C=O) groups excluding carboxylic acids is 3. The van der Waals surface area contributed by atoms with E-state index < -0.39 is 56.7 Å². The maximum Gasteiger partial charge on any atom is 0.259 e. The van der Waals surface area contributed by atoms with E-state index in [0.29, 0.717) is 46.5 Å². The van der Waals surface area contributed by atoms with Gasteiger partial charge in [-0.25, -0.2) is 18.4 Å². The van der Waals surface area contributed by atoms with Crippen LogP contribution in [0.25, 0.3) is 10.8 Å². The standard InChI is InChI=1S/C35H42ClN9O7S/c1-5-21-17-35(21,33(48)43-53(49,50)25-12-13-25)41-30(46)28-16-24(52-31-27-15-22(36)11-14-26(27)29(51-4)18-39-31)19-44(28)32(47)20(2)40-34(42-37)45(38-3)23-9-7-6-8-10-23/h6-11,14-15,18,20-21,24-25,28H,3,5,12-13,16-17,19,37H2,1-2,4H3,(H,40,42)(H,41,46)(H,43,48)/t20?,21-,24-,28+,35-/m1/s1. The van der Waals surface area contributed by atoms with Crippen LogP contribution >= 0.6 is 11.6 Å². The van der Waals surface area contributed by atoms with Crippen LogP contribution < -0.4 is 35.7 Å². The minimum Gasteiger partial charge on any atom is -0.494 e. The van der Waals surface area contributed by atoms with E-state index in [1.165, 1.54) is 23.2 Å². The van der Waals surface area contributed by atoms with Crippen LogP contribution in [0.15, 0.2) is 64.9 Å². The molecule has 2 heterocycles. The van der Waals surface area contributed by atoms with E-state index in [4.69, 9.17) is 26.9 Å². The van der Waals surface area contributed by atoms with Gasteiger partial charge in [0.15, 0.2) is 0 Å². The van der Waals surface area contributed by atoms with Gasteiger partial charge in [-0.1, -0.05) is 43.1 Å². The summed E-state index contributed by atoms with van der Waals surface area (Å²) < 4.78 is 39.4. The lowest BCUT2D eigenvalue weighted by Gasteiger charge is -2.30. The molecule has 0 bridgehead atoms. The highest BCUT2D eigenvalue weighted by atomic mass is 35.5. The van der Waals surface area contributed by atoms with Crippen molar-refractivity contribution in [2.24, 2.45) is 22.0 Å². The molecule has 6 rings (SSSR count). The lowest BCUT2D eigenvalue weighted by atomic mass is 10.1. The van der Waals surface area contributed by atoms with Gasteiger partial charge in [0, 0.05) is 28.9 Å². The van der Waals surface area contributed by atoms with E-state index in [-0.39, 0.29) is 37.1 Å². The van der Waals surface area contributed by atoms with Gasteiger partial charge in [-0.3, -0.25) is 19.1 Å². The summed E-state index contributed by atoms with van der Waals surface area (Å²) in [4.78, 5) is 47.8. The number of nitrogens with two attached hydrogens (primary N) is 1. The number of guanidine groups is 1. The molecule has 16 nitrogen and oxygen atoms in total. The Morgan fingerprint density at radius 1 is 1.19 bits per heavy atom. The summed E-state index contributed by atoms with van der Waals surface area (Å²) in [6, 6.07) is 12.0. The van der Waals surface area contributed by atoms with Crippen molar-refractivity contribution in [2.45, 2.75) is 74.9 Å². The molecule has 1 unspecified atom stereocenters. The zero-order valence-corrected chi connectivity index (χ0v) is 31.1. The molecule has 1 saturated heterocycles. The normalized spacial score (nSPS) is 23.1. The Labute approximate surface area is 312 Å². The smallest absolute Gasteiger partial charge is 0.259 e. The van der Waals surface area contributed by atoms with Crippen molar-refractivity contribution in [1.82, 2.24) is 25.2 Å². The van der Waals surface area contributed by atoms with Crippen LogP contribution in [0.5, 0.6) is 11.6 Å². The number of rotatable bonds is 13. The number of nitrogens with one attached hydrogen (secondary N) is 3. The zero-order valence-electron chi connectivity index (χ0n) is 29.5. The molecule has 1 aliphatic heterocycles. The number of carbonyl (C=O) groups is 3. The van der Waals surface area contributed by atoms with Gasteiger partial charge in [0.25, 0.3) is 5.91 Å². The SMILES string of the molecule is C=NN(/C(=N\N)NC(C)C(=O)N1C[C@H](Oc2ncc(OC)c3ccc(Cl)cc23)C[C@H]1C(=O)N[C@]1(C(=O)NS(=O)(=O)C2CC2)C[C@H]1CC)c1ccccc1. The molecule has 0 spiro atoms. The second kappa shape index (κ2) is 15.1. The highest BCUT2D eigenvalue weighted by molar-refractivity contribution is 7.91. The minimum absolute atomic E-state index is 0.0158. The van der Waals surface area contributed by atoms with Gasteiger partial charge in [0.1, 0.15) is 29.5 Å². The molecule has 3 amide bonds. The Balaban J connectivity index is 1.27. The van der Waals surface area contributed by atoms with Crippen molar-refractivity contribution >= 4 is 68.5 Å². The van der Waals surface area contributed by atoms with Gasteiger partial charge in [0.2, 0.25) is 33.7 Å². The van der Waals surface area contributed by atoms with E-state index in [0.717, 1.165) is 0 Å². The summed E-state index contributed by atoms with van der Waals surface area (Å²) in [5.74, 6) is 4.24. The minimum atomic E-state index is -3.87. The highest BCUT2D eigenvalue weighted by Crippen LogP contribution is 2.47. The number of halogens is 1. The molecule has 2 aliphatic carbocycles. The van der Waals surface area contributed by atoms with E-state index >= 15 is 0 Å². The average Bonchev–Trinajstić information content (AvgIpc) is 4.08. The number of nitrogens with zero attached hydrogens (tertiary/aromatic N) is 5. The molecule has 3 fully saturated rings. The van der Waals surface area contributed by atoms with E-state index in [1.54, 1.807) is 49.4 Å². The van der Waals surface area contributed by atoms with Crippen molar-refractivity contribution in [2.75, 3.05) is 18.7 Å². The molecular formula is C35H42ClN9O7S. The number of hydrazone groups is 2. The maximum atomic E-state index is 14.3. The van der Waals surface area contributed by atoms with Gasteiger partial charge >= 0.3 is 0 Å². The fourth-order valence-electron chi connectivity index (χ4n) is 6.75. The Morgan fingerprint density at radius 2 is 1.92 bits per heavy atom. The number of sulfonamides is 1. The second-order valence-corrected chi connectivity index (χ2v) is 15.8. The van der Waals surface area contributed by atoms with E-state index in [1.807, 2.05) is 13.0 Å². The summed E-state index contributed by atoms with van der Waals surface area (Å²) in [6.07, 6.45) is 2.52. The topological polar surface area (TPSA) is 210 Å². The number of hydrogen-bond donors (Lipinski definition) is 4. The van der Waals surface area contributed by atoms with Crippen molar-refractivity contribution in [3.63, 3.8) is 0 Å². The molecule has 3 aliphatic rings. The fourth-order valence-corrected chi connectivity index (χ4v) is 8.28. The molecule has 53 heavy (non-hydrogen) atoms. The Kier molecular flexibility index (Phi) is 10.7. The van der Waals surface area contributed by atoms with Crippen LogP contribution in [0.4, 0.5) is 5.69 Å². The maximum absolute atomic E-state index is 14.3. The number of fused-ring (bicyclic) bond motifs is 1. The van der Waals surface area contributed by atoms with Gasteiger partial charge in [-0.05, 0) is 62.4 Å². The summed E-state index contributed by atoms with van der Waals surface area (Å²) in [5.41, 5.74) is -0.867. The molecule has 3 aromatic rings. The number of amides is 3. The first kappa shape index (κ1) is 37.6. The van der Waals surface area contributed by atoms with Gasteiger partial charge in [-0.2, -0.15) is 5.10 Å². The van der Waals surface area contributed by atoms with Crippen molar-refractivity contribution in [3.8, 4) is 11.6 Å². The molecule has 2 saturated carbocycles. The zero-order chi connectivity index (χ0) is 38.1. The predicted octanol–water partition coefficient (Wildman–Crippen LogP) is 2.47. The number of methoxy groups -OCH3 is 1. The van der Waals surface area contributed by atoms with Crippen molar-refractivity contribution in [3.05, 3.63) is 59.8 Å². The van der Waals surface area contributed by atoms with Crippen LogP contribution in [0.2, 0.25) is 5.02 Å². The first-order chi connectivity index (χ1) is 25.3. The molecule has 282 valence electrons. The largest absolute Gasteiger partial charge is 0.494 e. The van der Waals surface area contributed by atoms with E-state index in [2.05, 4.69) is 37.3 Å². The first-order valence-electron chi connectivity index (χ1n) is 17.2. The number of benzene rings is 2. The summed E-state index contributed by atoms with van der Waals surface area (Å²) >= 11 is 6.33. The predicted molar refractivity (Wildman–Crippen MR) is 200 cm³/mol. The van der Waals surface area contributed by atoms with Crippen molar-refractivity contribution < 1.29 is 32.3 Å². The number of pyridine rings is 1. The Hall–Kier alpha value is -5.16. The molecule has 18 heteroatoms. The molecule has 5 atom stereocenters. The lowest BCUT2D eigenvalue weighted by Crippen LogP contribution is -2.58. The number of hydrogen-bond acceptors (Lipinski definition) is 11. The van der Waals surface area contributed by atoms with Gasteiger partial charge < -0.3 is 30.8 Å². The molecule has 0 radical (unpaired) electrons. The number of para-hydroxylation sites is 1. The van der Waals surface area contributed by atoms with Crippen LogP contribution in [0.1, 0.15) is 46.0 Å². The summed E-state index contributed by atoms with van der Waals surface area (Å²) in [6.45, 7) is 7.00. The first-order valence-corrected chi connectivity index (χ1v) is 19.1. The second-order valence-electron chi connectivity index (χ2n) is 13.4. The number of anilines is 1. The molecule has 5 N–H and O–H groups in total. The van der Waals surface area contributed by atoms with E-state index in [9.17, 15) is 22.8 Å². The van der Waals surface area contributed by atoms with Crippen LogP contribution in [-0.2, 0) is 24.4 Å². The number of ether oxygens (including phenoxy) is 2. The quantitative estimate of drug-likeness (QED) is 0.0859. The molecular weight excluding hydrogens is 726 g/mol. The van der Waals surface area contributed by atoms with Crippen LogP contribution in [-0.4, -0.2) is 91.3 Å². The summed E-state index contributed by atoms with van der Waals surface area (Å²) in [5, 5.41) is 16.0. The summed E-state index contributed by atoms with van der Waals surface area (Å²) in [7, 11) is -2.35. The lowest BCUT2D eigenvalue weighted by molar-refractivity contribution is -0.140. The highest BCUT2D eigenvalue weighted by Gasteiger charge is 2.62. The third-order valence-corrected chi connectivity index (χ3v) is 11.9. The monoisotopic (exact) mass is 767 g/mol. The van der Waals surface area contributed by atoms with Crippen molar-refractivity contribution in [1.29, 1.82) is 0 Å². The van der Waals surface area contributed by atoms with Crippen LogP contribution in [0, 0.1) is 5.92 Å². The van der Waals surface area contributed by atoms with Gasteiger partial charge in [-0.15, -0.1) is 5.10 Å². The molecule has 1 aromatic heterocycles. The number of aromatic nitrogens is 1. The fraction of sp³-hybridized carbons (Fsp3) is 0.429. The Morgan fingerprint density at radius 3 is 2.55 bits per heavy atom. The Bertz CT molecular complexity index is 2050. The third kappa shape index (κ3) is 7.67. The average molecular weight is 768 g/mol.